The minimum absolute atomic E-state index is 0.0547. The molecule has 0 aromatic carbocycles. The number of likely N-dealkylation sites (tertiary alicyclic amines) is 1. The van der Waals surface area contributed by atoms with Gasteiger partial charge in [0.25, 0.3) is 0 Å². The molecule has 138 valence electrons. The highest BCUT2D eigenvalue weighted by molar-refractivity contribution is 5.42. The van der Waals surface area contributed by atoms with Crippen molar-refractivity contribution in [1.29, 1.82) is 0 Å². The van der Waals surface area contributed by atoms with Gasteiger partial charge in [0.1, 0.15) is 12.1 Å². The van der Waals surface area contributed by atoms with Gasteiger partial charge in [-0.15, -0.1) is 0 Å². The average Bonchev–Trinajstić information content (AvgIpc) is 3.15. The molecule has 2 aromatic heterocycles. The summed E-state index contributed by atoms with van der Waals surface area (Å²) >= 11 is 0. The smallest absolute Gasteiger partial charge is 0.132 e. The van der Waals surface area contributed by atoms with E-state index in [1.54, 1.807) is 6.33 Å². The van der Waals surface area contributed by atoms with Gasteiger partial charge in [0.15, 0.2) is 0 Å². The van der Waals surface area contributed by atoms with E-state index in [2.05, 4.69) is 56.6 Å². The van der Waals surface area contributed by atoms with E-state index in [-0.39, 0.29) is 5.41 Å². The van der Waals surface area contributed by atoms with E-state index in [1.165, 1.54) is 0 Å². The second kappa shape index (κ2) is 6.58. The van der Waals surface area contributed by atoms with E-state index >= 15 is 0 Å². The summed E-state index contributed by atoms with van der Waals surface area (Å²) in [4.78, 5) is 22.8. The standard InChI is InChI=1S/C20H28N6/c1-14-6-22-17(7-21-14)12-25-8-15-10-26(11-16(15)9-25)19-5-18(20(2,3)4)23-13-24-19/h5-7,13,15-16H,8-12H2,1-4H3. The number of aryl methyl sites for hydroxylation is 1. The summed E-state index contributed by atoms with van der Waals surface area (Å²) in [7, 11) is 0. The lowest BCUT2D eigenvalue weighted by atomic mass is 9.92. The Morgan fingerprint density at radius 2 is 1.69 bits per heavy atom. The zero-order valence-corrected chi connectivity index (χ0v) is 16.2. The quantitative estimate of drug-likeness (QED) is 0.846. The van der Waals surface area contributed by atoms with E-state index in [4.69, 9.17) is 0 Å². The van der Waals surface area contributed by atoms with Crippen molar-refractivity contribution in [2.45, 2.75) is 39.7 Å². The molecular formula is C20H28N6. The summed E-state index contributed by atoms with van der Waals surface area (Å²) in [5, 5.41) is 0. The Morgan fingerprint density at radius 1 is 0.962 bits per heavy atom. The molecule has 0 bridgehead atoms. The fourth-order valence-electron chi connectivity index (χ4n) is 4.07. The molecule has 2 aromatic rings. The SMILES string of the molecule is Cc1cnc(CN2CC3CN(c4cc(C(C)(C)C)ncn4)CC3C2)cn1. The number of fused-ring (bicyclic) bond motifs is 1. The Balaban J connectivity index is 1.38. The number of anilines is 1. The van der Waals surface area contributed by atoms with Crippen LogP contribution in [0.1, 0.15) is 37.9 Å². The van der Waals surface area contributed by atoms with E-state index in [9.17, 15) is 0 Å². The van der Waals surface area contributed by atoms with Crippen LogP contribution < -0.4 is 4.90 Å². The minimum atomic E-state index is 0.0547. The molecule has 4 rings (SSSR count). The predicted molar refractivity (Wildman–Crippen MR) is 102 cm³/mol. The monoisotopic (exact) mass is 352 g/mol. The van der Waals surface area contributed by atoms with E-state index < -0.39 is 0 Å². The molecule has 2 aliphatic rings. The van der Waals surface area contributed by atoms with Gasteiger partial charge >= 0.3 is 0 Å². The van der Waals surface area contributed by atoms with Crippen molar-refractivity contribution in [2.24, 2.45) is 11.8 Å². The van der Waals surface area contributed by atoms with E-state index in [1.807, 2.05) is 19.3 Å². The fourth-order valence-corrected chi connectivity index (χ4v) is 4.07. The lowest BCUT2D eigenvalue weighted by molar-refractivity contribution is 0.304. The van der Waals surface area contributed by atoms with Crippen molar-refractivity contribution in [3.05, 3.63) is 41.9 Å². The normalized spacial score (nSPS) is 23.5. The van der Waals surface area contributed by atoms with Gasteiger partial charge < -0.3 is 4.90 Å². The van der Waals surface area contributed by atoms with Crippen molar-refractivity contribution >= 4 is 5.82 Å². The van der Waals surface area contributed by atoms with Crippen LogP contribution in [0.25, 0.3) is 0 Å². The van der Waals surface area contributed by atoms with E-state index in [0.29, 0.717) is 11.8 Å². The lowest BCUT2D eigenvalue weighted by Gasteiger charge is -2.24. The third-order valence-corrected chi connectivity index (χ3v) is 5.53. The first-order chi connectivity index (χ1) is 12.4. The Morgan fingerprint density at radius 3 is 2.31 bits per heavy atom. The van der Waals surface area contributed by atoms with Gasteiger partial charge in [-0.1, -0.05) is 20.8 Å². The molecule has 2 aliphatic heterocycles. The van der Waals surface area contributed by atoms with Crippen LogP contribution >= 0.6 is 0 Å². The largest absolute Gasteiger partial charge is 0.356 e. The van der Waals surface area contributed by atoms with Gasteiger partial charge in [0.2, 0.25) is 0 Å². The molecular weight excluding hydrogens is 324 g/mol. The Bertz CT molecular complexity index is 753. The van der Waals surface area contributed by atoms with Gasteiger partial charge in [-0.25, -0.2) is 9.97 Å². The molecule has 0 saturated carbocycles. The third-order valence-electron chi connectivity index (χ3n) is 5.53. The highest BCUT2D eigenvalue weighted by atomic mass is 15.3. The van der Waals surface area contributed by atoms with Crippen LogP contribution in [-0.4, -0.2) is 51.0 Å². The van der Waals surface area contributed by atoms with Gasteiger partial charge in [0.05, 0.1) is 17.1 Å². The molecule has 2 fully saturated rings. The predicted octanol–water partition coefficient (Wildman–Crippen LogP) is 2.44. The summed E-state index contributed by atoms with van der Waals surface area (Å²) in [5.74, 6) is 2.50. The first-order valence-corrected chi connectivity index (χ1v) is 9.46. The number of aromatic nitrogens is 4. The molecule has 2 unspecified atom stereocenters. The molecule has 0 aliphatic carbocycles. The summed E-state index contributed by atoms with van der Waals surface area (Å²) in [5.41, 5.74) is 3.21. The van der Waals surface area contributed by atoms with Crippen LogP contribution in [0, 0.1) is 18.8 Å². The average molecular weight is 352 g/mol. The van der Waals surface area contributed by atoms with Crippen molar-refractivity contribution in [2.75, 3.05) is 31.1 Å². The topological polar surface area (TPSA) is 58.0 Å². The summed E-state index contributed by atoms with van der Waals surface area (Å²) in [6.45, 7) is 13.9. The Hall–Kier alpha value is -2.08. The number of rotatable bonds is 3. The lowest BCUT2D eigenvalue weighted by Crippen LogP contribution is -2.29. The Labute approximate surface area is 155 Å². The number of hydrogen-bond acceptors (Lipinski definition) is 6. The van der Waals surface area contributed by atoms with Crippen LogP contribution in [0.3, 0.4) is 0 Å². The highest BCUT2D eigenvalue weighted by Crippen LogP contribution is 2.34. The summed E-state index contributed by atoms with van der Waals surface area (Å²) in [6, 6.07) is 2.17. The fraction of sp³-hybridized carbons (Fsp3) is 0.600. The van der Waals surface area contributed by atoms with Gasteiger partial charge in [-0.3, -0.25) is 14.9 Å². The Kier molecular flexibility index (Phi) is 4.39. The molecule has 4 heterocycles. The van der Waals surface area contributed by atoms with Crippen LogP contribution in [0.4, 0.5) is 5.82 Å². The van der Waals surface area contributed by atoms with Crippen molar-refractivity contribution < 1.29 is 0 Å². The minimum Gasteiger partial charge on any atom is -0.356 e. The molecule has 0 amide bonds. The van der Waals surface area contributed by atoms with Gasteiger partial charge in [-0.05, 0) is 18.8 Å². The number of nitrogens with zero attached hydrogens (tertiary/aromatic N) is 6. The first kappa shape index (κ1) is 17.3. The molecule has 2 saturated heterocycles. The highest BCUT2D eigenvalue weighted by Gasteiger charge is 2.40. The molecule has 0 radical (unpaired) electrons. The molecule has 2 atom stereocenters. The second-order valence-electron chi connectivity index (χ2n) is 8.78. The molecule has 0 spiro atoms. The molecule has 26 heavy (non-hydrogen) atoms. The number of hydrogen-bond donors (Lipinski definition) is 0. The van der Waals surface area contributed by atoms with Crippen LogP contribution in [0.5, 0.6) is 0 Å². The first-order valence-electron chi connectivity index (χ1n) is 9.46. The second-order valence-corrected chi connectivity index (χ2v) is 8.78. The maximum atomic E-state index is 4.54. The third kappa shape index (κ3) is 3.56. The molecule has 6 heteroatoms. The summed E-state index contributed by atoms with van der Waals surface area (Å²) < 4.78 is 0. The van der Waals surface area contributed by atoms with Crippen molar-refractivity contribution in [1.82, 2.24) is 24.8 Å². The summed E-state index contributed by atoms with van der Waals surface area (Å²) in [6.07, 6.45) is 5.48. The van der Waals surface area contributed by atoms with Gasteiger partial charge in [0, 0.05) is 56.6 Å². The van der Waals surface area contributed by atoms with E-state index in [0.717, 1.165) is 55.6 Å². The zero-order valence-electron chi connectivity index (χ0n) is 16.2. The molecule has 6 nitrogen and oxygen atoms in total. The molecule has 0 N–H and O–H groups in total. The maximum Gasteiger partial charge on any atom is 0.132 e. The van der Waals surface area contributed by atoms with Gasteiger partial charge in [-0.2, -0.15) is 0 Å². The van der Waals surface area contributed by atoms with Crippen LogP contribution in [0.2, 0.25) is 0 Å². The van der Waals surface area contributed by atoms with Crippen molar-refractivity contribution in [3.8, 4) is 0 Å². The van der Waals surface area contributed by atoms with Crippen LogP contribution in [-0.2, 0) is 12.0 Å². The van der Waals surface area contributed by atoms with Crippen molar-refractivity contribution in [3.63, 3.8) is 0 Å². The van der Waals surface area contributed by atoms with Crippen LogP contribution in [0.15, 0.2) is 24.8 Å². The zero-order chi connectivity index (χ0) is 18.3. The maximum absolute atomic E-state index is 4.54.